The minimum atomic E-state index is -3.54. The van der Waals surface area contributed by atoms with Gasteiger partial charge in [-0.05, 0) is 49.2 Å². The normalized spacial score (nSPS) is 14.6. The number of carbonyl (C=O) groups excluding carboxylic acids is 2. The first-order chi connectivity index (χ1) is 13.4. The summed E-state index contributed by atoms with van der Waals surface area (Å²) in [7, 11) is -3.54. The highest BCUT2D eigenvalue weighted by atomic mass is 35.5. The van der Waals surface area contributed by atoms with Crippen molar-refractivity contribution in [1.82, 2.24) is 9.29 Å². The number of nitrogens with zero attached hydrogens (tertiary/aromatic N) is 2. The van der Waals surface area contributed by atoms with Gasteiger partial charge in [0.2, 0.25) is 10.0 Å². The van der Waals surface area contributed by atoms with Gasteiger partial charge in [-0.3, -0.25) is 4.79 Å². The Morgan fingerprint density at radius 3 is 2.39 bits per heavy atom. The van der Waals surface area contributed by atoms with Gasteiger partial charge in [0.1, 0.15) is 5.82 Å². The smallest absolute Gasteiger partial charge is 0.338 e. The van der Waals surface area contributed by atoms with E-state index in [1.54, 1.807) is 6.07 Å². The lowest BCUT2D eigenvalue weighted by molar-refractivity contribution is -0.119. The molecule has 2 aromatic rings. The van der Waals surface area contributed by atoms with Gasteiger partial charge < -0.3 is 10.1 Å². The van der Waals surface area contributed by atoms with Crippen molar-refractivity contribution >= 4 is 39.3 Å². The molecule has 1 aromatic carbocycles. The number of benzene rings is 1. The maximum absolute atomic E-state index is 12.5. The van der Waals surface area contributed by atoms with E-state index in [4.69, 9.17) is 16.3 Å². The second-order valence-electron chi connectivity index (χ2n) is 6.12. The number of amides is 1. The fraction of sp³-hybridized carbons (Fsp3) is 0.278. The average molecular weight is 424 g/mol. The fourth-order valence-corrected chi connectivity index (χ4v) is 4.31. The van der Waals surface area contributed by atoms with Gasteiger partial charge in [0.05, 0.1) is 15.5 Å². The van der Waals surface area contributed by atoms with Crippen LogP contribution in [0.4, 0.5) is 5.82 Å². The number of rotatable bonds is 6. The highest BCUT2D eigenvalue weighted by molar-refractivity contribution is 7.89. The van der Waals surface area contributed by atoms with Crippen LogP contribution in [0, 0.1) is 0 Å². The minimum absolute atomic E-state index is 0.123. The Hall–Kier alpha value is -2.49. The van der Waals surface area contributed by atoms with Crippen molar-refractivity contribution in [2.24, 2.45) is 0 Å². The van der Waals surface area contributed by atoms with E-state index in [2.05, 4.69) is 10.3 Å². The summed E-state index contributed by atoms with van der Waals surface area (Å²) in [4.78, 5) is 27.9. The molecule has 3 rings (SSSR count). The summed E-state index contributed by atoms with van der Waals surface area (Å²) in [5.74, 6) is -1.01. The van der Waals surface area contributed by atoms with Crippen LogP contribution >= 0.6 is 11.6 Å². The monoisotopic (exact) mass is 423 g/mol. The molecule has 8 nitrogen and oxygen atoms in total. The molecule has 1 aromatic heterocycles. The standard InChI is InChI=1S/C18H18ClN3O5S/c19-14-5-8-16(20-11-14)21-17(23)12-27-18(24)13-3-6-15(7-4-13)28(25,26)22-9-1-2-10-22/h3-8,11H,1-2,9-10,12H2,(H,20,21,23). The Bertz CT molecular complexity index is 956. The number of aromatic nitrogens is 1. The Labute approximate surface area is 167 Å². The Morgan fingerprint density at radius 2 is 1.79 bits per heavy atom. The quantitative estimate of drug-likeness (QED) is 0.715. The van der Waals surface area contributed by atoms with Gasteiger partial charge in [-0.1, -0.05) is 11.6 Å². The molecule has 10 heteroatoms. The predicted octanol–water partition coefficient (Wildman–Crippen LogP) is 2.31. The molecule has 1 aliphatic rings. The van der Waals surface area contributed by atoms with Crippen molar-refractivity contribution in [3.63, 3.8) is 0 Å². The van der Waals surface area contributed by atoms with Gasteiger partial charge >= 0.3 is 5.97 Å². The van der Waals surface area contributed by atoms with Crippen LogP contribution in [0.25, 0.3) is 0 Å². The van der Waals surface area contributed by atoms with Crippen LogP contribution in [0.2, 0.25) is 5.02 Å². The van der Waals surface area contributed by atoms with E-state index in [1.165, 1.54) is 40.8 Å². The van der Waals surface area contributed by atoms with E-state index < -0.39 is 28.5 Å². The summed E-state index contributed by atoms with van der Waals surface area (Å²) in [5, 5.41) is 2.90. The van der Waals surface area contributed by atoms with E-state index in [0.29, 0.717) is 18.1 Å². The maximum Gasteiger partial charge on any atom is 0.338 e. The zero-order valence-corrected chi connectivity index (χ0v) is 16.4. The van der Waals surface area contributed by atoms with Crippen molar-refractivity contribution < 1.29 is 22.7 Å². The average Bonchev–Trinajstić information content (AvgIpc) is 3.24. The van der Waals surface area contributed by atoms with Crippen LogP contribution in [-0.4, -0.2) is 49.3 Å². The largest absolute Gasteiger partial charge is 0.452 e. The van der Waals surface area contributed by atoms with Crippen LogP contribution in [0.1, 0.15) is 23.2 Å². The van der Waals surface area contributed by atoms with Gasteiger partial charge in [-0.2, -0.15) is 4.31 Å². The number of anilines is 1. The fourth-order valence-electron chi connectivity index (χ4n) is 2.68. The summed E-state index contributed by atoms with van der Waals surface area (Å²) in [6, 6.07) is 8.54. The summed E-state index contributed by atoms with van der Waals surface area (Å²) in [5.41, 5.74) is 0.151. The molecule has 0 radical (unpaired) electrons. The highest BCUT2D eigenvalue weighted by Crippen LogP contribution is 2.21. The van der Waals surface area contributed by atoms with E-state index in [-0.39, 0.29) is 16.3 Å². The van der Waals surface area contributed by atoms with Crippen LogP contribution in [-0.2, 0) is 19.6 Å². The predicted molar refractivity (Wildman–Crippen MR) is 103 cm³/mol. The highest BCUT2D eigenvalue weighted by Gasteiger charge is 2.27. The van der Waals surface area contributed by atoms with Crippen LogP contribution in [0.15, 0.2) is 47.5 Å². The molecule has 1 N–H and O–H groups in total. The lowest BCUT2D eigenvalue weighted by Gasteiger charge is -2.15. The molecule has 1 amide bonds. The first kappa shape index (κ1) is 20.2. The molecule has 148 valence electrons. The third-order valence-electron chi connectivity index (χ3n) is 4.12. The first-order valence-corrected chi connectivity index (χ1v) is 10.4. The summed E-state index contributed by atoms with van der Waals surface area (Å²) in [6.45, 7) is 0.504. The topological polar surface area (TPSA) is 106 Å². The number of hydrogen-bond donors (Lipinski definition) is 1. The van der Waals surface area contributed by atoms with Crippen LogP contribution < -0.4 is 5.32 Å². The van der Waals surface area contributed by atoms with Crippen molar-refractivity contribution in [2.45, 2.75) is 17.7 Å². The SMILES string of the molecule is O=C(COC(=O)c1ccc(S(=O)(=O)N2CCCC2)cc1)Nc1ccc(Cl)cn1. The third kappa shape index (κ3) is 4.86. The Morgan fingerprint density at radius 1 is 1.11 bits per heavy atom. The summed E-state index contributed by atoms with van der Waals surface area (Å²) >= 11 is 5.71. The molecule has 0 spiro atoms. The van der Waals surface area contributed by atoms with Crippen LogP contribution in [0.5, 0.6) is 0 Å². The maximum atomic E-state index is 12.5. The third-order valence-corrected chi connectivity index (χ3v) is 6.26. The molecule has 0 aliphatic carbocycles. The number of halogens is 1. The number of sulfonamides is 1. The number of hydrogen-bond acceptors (Lipinski definition) is 6. The molecule has 0 bridgehead atoms. The zero-order chi connectivity index (χ0) is 20.1. The summed E-state index contributed by atoms with van der Waals surface area (Å²) in [6.07, 6.45) is 3.06. The van der Waals surface area contributed by atoms with Crippen LogP contribution in [0.3, 0.4) is 0 Å². The minimum Gasteiger partial charge on any atom is -0.452 e. The van der Waals surface area contributed by atoms with E-state index in [9.17, 15) is 18.0 Å². The number of ether oxygens (including phenoxy) is 1. The number of pyridine rings is 1. The number of esters is 1. The molecule has 1 saturated heterocycles. The zero-order valence-electron chi connectivity index (χ0n) is 14.8. The van der Waals surface area contributed by atoms with Crippen molar-refractivity contribution in [1.29, 1.82) is 0 Å². The van der Waals surface area contributed by atoms with Gasteiger partial charge in [0.15, 0.2) is 6.61 Å². The second-order valence-corrected chi connectivity index (χ2v) is 8.50. The molecular weight excluding hydrogens is 406 g/mol. The Balaban J connectivity index is 1.55. The van der Waals surface area contributed by atoms with E-state index in [0.717, 1.165) is 12.8 Å². The molecule has 2 heterocycles. The van der Waals surface area contributed by atoms with E-state index in [1.807, 2.05) is 0 Å². The van der Waals surface area contributed by atoms with Gasteiger partial charge in [-0.25, -0.2) is 18.2 Å². The number of nitrogens with one attached hydrogen (secondary N) is 1. The lowest BCUT2D eigenvalue weighted by atomic mass is 10.2. The molecule has 1 fully saturated rings. The second kappa shape index (κ2) is 8.68. The van der Waals surface area contributed by atoms with Gasteiger partial charge in [0.25, 0.3) is 5.91 Å². The molecular formula is C18H18ClN3O5S. The van der Waals surface area contributed by atoms with Crippen molar-refractivity contribution in [2.75, 3.05) is 25.0 Å². The molecule has 28 heavy (non-hydrogen) atoms. The van der Waals surface area contributed by atoms with Gasteiger partial charge in [-0.15, -0.1) is 0 Å². The van der Waals surface area contributed by atoms with Crippen molar-refractivity contribution in [3.05, 3.63) is 53.2 Å². The van der Waals surface area contributed by atoms with E-state index >= 15 is 0 Å². The summed E-state index contributed by atoms with van der Waals surface area (Å²) < 4.78 is 31.3. The molecule has 0 atom stereocenters. The van der Waals surface area contributed by atoms with Crippen molar-refractivity contribution in [3.8, 4) is 0 Å². The number of carbonyl (C=O) groups is 2. The first-order valence-electron chi connectivity index (χ1n) is 8.55. The molecule has 1 aliphatic heterocycles. The molecule has 0 unspecified atom stereocenters. The van der Waals surface area contributed by atoms with Gasteiger partial charge in [0, 0.05) is 19.3 Å². The Kier molecular flexibility index (Phi) is 6.28. The molecule has 0 saturated carbocycles. The lowest BCUT2D eigenvalue weighted by Crippen LogP contribution is -2.27.